The number of rotatable bonds is 5. The Kier molecular flexibility index (Phi) is 4.32. The van der Waals surface area contributed by atoms with Crippen molar-refractivity contribution < 1.29 is 13.2 Å². The maximum Gasteiger partial charge on any atom is 0.269 e. The zero-order chi connectivity index (χ0) is 17.3. The van der Waals surface area contributed by atoms with Crippen LogP contribution in [-0.4, -0.2) is 24.0 Å². The Hall–Kier alpha value is -2.34. The Labute approximate surface area is 142 Å². The molecule has 0 aliphatic carbocycles. The fraction of sp³-hybridized carbons (Fsp3) is 0.278. The van der Waals surface area contributed by atoms with Gasteiger partial charge in [-0.1, -0.05) is 31.2 Å². The number of hydrogen-bond acceptors (Lipinski definition) is 4. The van der Waals surface area contributed by atoms with Crippen LogP contribution < -0.4 is 4.74 Å². The van der Waals surface area contributed by atoms with Crippen molar-refractivity contribution in [2.24, 2.45) is 0 Å². The number of imidazole rings is 1. The van der Waals surface area contributed by atoms with E-state index in [-0.39, 0.29) is 4.90 Å². The zero-order valence-corrected chi connectivity index (χ0v) is 14.8. The van der Waals surface area contributed by atoms with Gasteiger partial charge in [-0.2, -0.15) is 0 Å². The summed E-state index contributed by atoms with van der Waals surface area (Å²) in [6.45, 7) is 6.11. The molecule has 6 heteroatoms. The van der Waals surface area contributed by atoms with E-state index in [1.165, 1.54) is 3.97 Å². The van der Waals surface area contributed by atoms with Gasteiger partial charge < -0.3 is 4.74 Å². The minimum atomic E-state index is -3.72. The molecule has 0 aliphatic rings. The molecule has 0 fully saturated rings. The molecule has 3 rings (SSSR count). The molecule has 0 amide bonds. The third kappa shape index (κ3) is 2.67. The van der Waals surface area contributed by atoms with Crippen LogP contribution in [0.15, 0.2) is 47.5 Å². The molecule has 0 radical (unpaired) electrons. The van der Waals surface area contributed by atoms with Gasteiger partial charge in [0.25, 0.3) is 10.0 Å². The molecule has 0 unspecified atom stereocenters. The molecule has 0 saturated carbocycles. The summed E-state index contributed by atoms with van der Waals surface area (Å²) in [5.41, 5.74) is 0.686. The van der Waals surface area contributed by atoms with Crippen LogP contribution in [0.2, 0.25) is 0 Å². The molecule has 0 spiro atoms. The Morgan fingerprint density at radius 1 is 1.08 bits per heavy atom. The first-order chi connectivity index (χ1) is 11.5. The maximum atomic E-state index is 13.2. The number of aromatic nitrogens is 2. The topological polar surface area (TPSA) is 61.2 Å². The van der Waals surface area contributed by atoms with Gasteiger partial charge in [0.2, 0.25) is 0 Å². The van der Waals surface area contributed by atoms with E-state index in [0.717, 1.165) is 5.39 Å². The Bertz CT molecular complexity index is 991. The van der Waals surface area contributed by atoms with Gasteiger partial charge in [0.15, 0.2) is 0 Å². The van der Waals surface area contributed by atoms with E-state index in [1.54, 1.807) is 31.3 Å². The molecule has 2 aromatic carbocycles. The van der Waals surface area contributed by atoms with Crippen LogP contribution in [0.4, 0.5) is 0 Å². The van der Waals surface area contributed by atoms with E-state index in [9.17, 15) is 8.42 Å². The first-order valence-electron chi connectivity index (χ1n) is 7.94. The number of nitrogens with zero attached hydrogens (tertiary/aromatic N) is 2. The smallest absolute Gasteiger partial charge is 0.269 e. The molecule has 5 nitrogen and oxygen atoms in total. The lowest BCUT2D eigenvalue weighted by Crippen LogP contribution is -2.15. The lowest BCUT2D eigenvalue weighted by Gasteiger charge is -2.13. The molecule has 1 heterocycles. The van der Waals surface area contributed by atoms with E-state index >= 15 is 0 Å². The normalized spacial score (nSPS) is 11.8. The first-order valence-corrected chi connectivity index (χ1v) is 9.38. The van der Waals surface area contributed by atoms with Gasteiger partial charge in [-0.3, -0.25) is 0 Å². The largest absolute Gasteiger partial charge is 0.493 e. The molecule has 1 aromatic heterocycles. The minimum Gasteiger partial charge on any atom is -0.493 e. The van der Waals surface area contributed by atoms with Crippen molar-refractivity contribution in [2.45, 2.75) is 32.1 Å². The molecule has 0 aliphatic heterocycles. The average Bonchev–Trinajstić information content (AvgIpc) is 2.97. The van der Waals surface area contributed by atoms with Crippen molar-refractivity contribution in [3.8, 4) is 5.75 Å². The predicted molar refractivity (Wildman–Crippen MR) is 94.0 cm³/mol. The second-order valence-corrected chi connectivity index (χ2v) is 7.28. The molecule has 3 aromatic rings. The summed E-state index contributed by atoms with van der Waals surface area (Å²) in [7, 11) is -3.72. The van der Waals surface area contributed by atoms with Crippen LogP contribution in [0.3, 0.4) is 0 Å². The van der Waals surface area contributed by atoms with E-state index in [4.69, 9.17) is 4.74 Å². The fourth-order valence-corrected chi connectivity index (χ4v) is 4.47. The van der Waals surface area contributed by atoms with Crippen molar-refractivity contribution in [1.82, 2.24) is 8.96 Å². The van der Waals surface area contributed by atoms with Crippen molar-refractivity contribution in [2.75, 3.05) is 6.61 Å². The number of fused-ring (bicyclic) bond motifs is 1. The number of benzene rings is 2. The van der Waals surface area contributed by atoms with Gasteiger partial charge in [0, 0.05) is 23.4 Å². The Balaban J connectivity index is 2.27. The summed E-state index contributed by atoms with van der Waals surface area (Å²) >= 11 is 0. The van der Waals surface area contributed by atoms with Crippen molar-refractivity contribution in [3.05, 3.63) is 54.1 Å². The highest BCUT2D eigenvalue weighted by Crippen LogP contribution is 2.32. The lowest BCUT2D eigenvalue weighted by molar-refractivity contribution is 0.344. The molecule has 0 atom stereocenters. The maximum absolute atomic E-state index is 13.2. The highest BCUT2D eigenvalue weighted by atomic mass is 32.2. The molecule has 0 N–H and O–H groups in total. The van der Waals surface area contributed by atoms with Crippen molar-refractivity contribution >= 4 is 20.8 Å². The van der Waals surface area contributed by atoms with Gasteiger partial charge >= 0.3 is 0 Å². The predicted octanol–water partition coefficient (Wildman–Crippen LogP) is 3.54. The first kappa shape index (κ1) is 16.5. The van der Waals surface area contributed by atoms with Crippen LogP contribution in [0.1, 0.15) is 25.4 Å². The molecule has 0 saturated heterocycles. The Morgan fingerprint density at radius 3 is 2.46 bits per heavy atom. The second-order valence-electron chi connectivity index (χ2n) is 5.49. The van der Waals surface area contributed by atoms with Crippen molar-refractivity contribution in [3.63, 3.8) is 0 Å². The summed E-state index contributed by atoms with van der Waals surface area (Å²) < 4.78 is 33.3. The van der Waals surface area contributed by atoms with Gasteiger partial charge in [-0.05, 0) is 26.0 Å². The quantitative estimate of drug-likeness (QED) is 0.710. The van der Waals surface area contributed by atoms with Crippen LogP contribution in [0.25, 0.3) is 10.8 Å². The highest BCUT2D eigenvalue weighted by molar-refractivity contribution is 7.90. The average molecular weight is 344 g/mol. The standard InChI is InChI=1S/C18H20N2O3S/c1-4-18-19-13(3)12-20(18)24(21,22)17-11-10-16(23-5-2)14-8-6-7-9-15(14)17/h6-12H,4-5H2,1-3H3. The van der Waals surface area contributed by atoms with Crippen LogP contribution >= 0.6 is 0 Å². The summed E-state index contributed by atoms with van der Waals surface area (Å²) in [6, 6.07) is 10.7. The van der Waals surface area contributed by atoms with Gasteiger partial charge in [0.05, 0.1) is 17.2 Å². The SMILES string of the molecule is CCOc1ccc(S(=O)(=O)n2cc(C)nc2CC)c2ccccc12. The summed E-state index contributed by atoms with van der Waals surface area (Å²) in [5.74, 6) is 1.22. The third-order valence-corrected chi connectivity index (χ3v) is 5.61. The van der Waals surface area contributed by atoms with Crippen LogP contribution in [-0.2, 0) is 16.4 Å². The zero-order valence-electron chi connectivity index (χ0n) is 14.0. The third-order valence-electron chi connectivity index (χ3n) is 3.86. The van der Waals surface area contributed by atoms with Crippen LogP contribution in [0, 0.1) is 6.92 Å². The van der Waals surface area contributed by atoms with Gasteiger partial charge in [-0.15, -0.1) is 0 Å². The number of aryl methyl sites for hydroxylation is 2. The van der Waals surface area contributed by atoms with E-state index in [2.05, 4.69) is 4.98 Å². The molecular formula is C18H20N2O3S. The lowest BCUT2D eigenvalue weighted by atomic mass is 10.1. The van der Waals surface area contributed by atoms with Crippen LogP contribution in [0.5, 0.6) is 5.75 Å². The molecule has 0 bridgehead atoms. The molecule has 126 valence electrons. The second kappa shape index (κ2) is 6.28. The molecular weight excluding hydrogens is 324 g/mol. The fourth-order valence-electron chi connectivity index (χ4n) is 2.82. The number of hydrogen-bond donors (Lipinski definition) is 0. The van der Waals surface area contributed by atoms with Crippen molar-refractivity contribution in [1.29, 1.82) is 0 Å². The van der Waals surface area contributed by atoms with Gasteiger partial charge in [0.1, 0.15) is 11.6 Å². The highest BCUT2D eigenvalue weighted by Gasteiger charge is 2.23. The van der Waals surface area contributed by atoms with E-state index in [1.807, 2.05) is 32.0 Å². The molecule has 24 heavy (non-hydrogen) atoms. The summed E-state index contributed by atoms with van der Waals surface area (Å²) in [4.78, 5) is 4.57. The van der Waals surface area contributed by atoms with Gasteiger partial charge in [-0.25, -0.2) is 17.4 Å². The minimum absolute atomic E-state index is 0.258. The monoisotopic (exact) mass is 344 g/mol. The van der Waals surface area contributed by atoms with E-state index < -0.39 is 10.0 Å². The number of ether oxygens (including phenoxy) is 1. The van der Waals surface area contributed by atoms with E-state index in [0.29, 0.717) is 35.7 Å². The Morgan fingerprint density at radius 2 is 1.79 bits per heavy atom. The summed E-state index contributed by atoms with van der Waals surface area (Å²) in [6.07, 6.45) is 2.11. The summed E-state index contributed by atoms with van der Waals surface area (Å²) in [5, 5.41) is 1.44.